The summed E-state index contributed by atoms with van der Waals surface area (Å²) in [5.74, 6) is 1.49. The van der Waals surface area contributed by atoms with E-state index in [-0.39, 0.29) is 0 Å². The third-order valence-corrected chi connectivity index (χ3v) is 3.85. The summed E-state index contributed by atoms with van der Waals surface area (Å²) in [6.07, 6.45) is 8.71. The molecule has 0 spiro atoms. The summed E-state index contributed by atoms with van der Waals surface area (Å²) >= 11 is 1.83. The molecule has 1 amide bonds. The fourth-order valence-corrected chi connectivity index (χ4v) is 2.70. The zero-order chi connectivity index (χ0) is 11.1. The van der Waals surface area contributed by atoms with Crippen molar-refractivity contribution in [1.82, 2.24) is 4.90 Å². The standard InChI is InChI=1S/C12H23NOS/c1-3-11-7-4-5-9-13(11)12(14)8-6-10-15-2/h11H,3-10H2,1-2H3. The van der Waals surface area contributed by atoms with Crippen LogP contribution in [0.3, 0.4) is 0 Å². The Morgan fingerprint density at radius 2 is 2.27 bits per heavy atom. The normalized spacial score (nSPS) is 21.7. The second-order valence-electron chi connectivity index (χ2n) is 4.24. The highest BCUT2D eigenvalue weighted by molar-refractivity contribution is 7.98. The Kier molecular flexibility index (Phi) is 6.15. The molecule has 1 rings (SSSR count). The van der Waals surface area contributed by atoms with Crippen molar-refractivity contribution in [2.75, 3.05) is 18.6 Å². The fraction of sp³-hybridized carbons (Fsp3) is 0.917. The first-order chi connectivity index (χ1) is 7.29. The lowest BCUT2D eigenvalue weighted by Crippen LogP contribution is -2.43. The zero-order valence-electron chi connectivity index (χ0n) is 10.00. The van der Waals surface area contributed by atoms with Crippen molar-refractivity contribution in [2.45, 2.75) is 51.5 Å². The molecule has 88 valence electrons. The molecule has 3 heteroatoms. The van der Waals surface area contributed by atoms with Crippen LogP contribution in [-0.4, -0.2) is 35.4 Å². The molecule has 0 aromatic carbocycles. The second-order valence-corrected chi connectivity index (χ2v) is 5.23. The van der Waals surface area contributed by atoms with Crippen LogP contribution in [0, 0.1) is 0 Å². The molecule has 1 saturated heterocycles. The van der Waals surface area contributed by atoms with E-state index in [1.54, 1.807) is 0 Å². The first-order valence-electron chi connectivity index (χ1n) is 6.08. The van der Waals surface area contributed by atoms with Gasteiger partial charge in [-0.1, -0.05) is 6.92 Å². The number of likely N-dealkylation sites (tertiary alicyclic amines) is 1. The van der Waals surface area contributed by atoms with Crippen LogP contribution in [0.25, 0.3) is 0 Å². The van der Waals surface area contributed by atoms with Gasteiger partial charge in [-0.3, -0.25) is 4.79 Å². The minimum atomic E-state index is 0.385. The molecule has 1 aliphatic heterocycles. The van der Waals surface area contributed by atoms with Crippen LogP contribution in [-0.2, 0) is 4.79 Å². The Labute approximate surface area is 97.8 Å². The molecule has 1 fully saturated rings. The van der Waals surface area contributed by atoms with Gasteiger partial charge >= 0.3 is 0 Å². The number of rotatable bonds is 5. The molecule has 1 aliphatic rings. The van der Waals surface area contributed by atoms with Crippen molar-refractivity contribution < 1.29 is 4.79 Å². The number of piperidine rings is 1. The summed E-state index contributed by atoms with van der Waals surface area (Å²) in [5.41, 5.74) is 0. The minimum absolute atomic E-state index is 0.385. The van der Waals surface area contributed by atoms with Gasteiger partial charge in [0.15, 0.2) is 0 Å². The predicted octanol–water partition coefficient (Wildman–Crippen LogP) is 2.92. The van der Waals surface area contributed by atoms with Gasteiger partial charge in [-0.15, -0.1) is 0 Å². The maximum Gasteiger partial charge on any atom is 0.222 e. The van der Waals surface area contributed by atoms with Crippen molar-refractivity contribution in [2.24, 2.45) is 0 Å². The van der Waals surface area contributed by atoms with Crippen molar-refractivity contribution in [3.8, 4) is 0 Å². The minimum Gasteiger partial charge on any atom is -0.340 e. The summed E-state index contributed by atoms with van der Waals surface area (Å²) < 4.78 is 0. The Morgan fingerprint density at radius 1 is 1.47 bits per heavy atom. The molecule has 15 heavy (non-hydrogen) atoms. The largest absolute Gasteiger partial charge is 0.340 e. The van der Waals surface area contributed by atoms with E-state index in [1.807, 2.05) is 11.8 Å². The van der Waals surface area contributed by atoms with Crippen LogP contribution in [0.2, 0.25) is 0 Å². The third-order valence-electron chi connectivity index (χ3n) is 3.16. The third kappa shape index (κ3) is 4.06. The number of hydrogen-bond acceptors (Lipinski definition) is 2. The highest BCUT2D eigenvalue weighted by atomic mass is 32.2. The molecule has 0 saturated carbocycles. The Hall–Kier alpha value is -0.180. The van der Waals surface area contributed by atoms with Gasteiger partial charge in [0.25, 0.3) is 0 Å². The number of carbonyl (C=O) groups is 1. The zero-order valence-corrected chi connectivity index (χ0v) is 10.8. The molecule has 0 aromatic heterocycles. The van der Waals surface area contributed by atoms with Crippen molar-refractivity contribution in [1.29, 1.82) is 0 Å². The van der Waals surface area contributed by atoms with Gasteiger partial charge in [-0.2, -0.15) is 11.8 Å². The molecule has 1 heterocycles. The smallest absolute Gasteiger partial charge is 0.222 e. The molecule has 2 nitrogen and oxygen atoms in total. The van der Waals surface area contributed by atoms with Crippen molar-refractivity contribution in [3.63, 3.8) is 0 Å². The number of nitrogens with zero attached hydrogens (tertiary/aromatic N) is 1. The van der Waals surface area contributed by atoms with E-state index in [0.29, 0.717) is 11.9 Å². The maximum atomic E-state index is 12.0. The van der Waals surface area contributed by atoms with E-state index in [9.17, 15) is 4.79 Å². The van der Waals surface area contributed by atoms with Gasteiger partial charge in [0, 0.05) is 19.0 Å². The van der Waals surface area contributed by atoms with E-state index in [1.165, 1.54) is 19.3 Å². The van der Waals surface area contributed by atoms with E-state index >= 15 is 0 Å². The lowest BCUT2D eigenvalue weighted by Gasteiger charge is -2.35. The van der Waals surface area contributed by atoms with Gasteiger partial charge in [0.1, 0.15) is 0 Å². The van der Waals surface area contributed by atoms with Crippen LogP contribution in [0.1, 0.15) is 45.4 Å². The molecule has 0 radical (unpaired) electrons. The number of carbonyl (C=O) groups excluding carboxylic acids is 1. The maximum absolute atomic E-state index is 12.0. The van der Waals surface area contributed by atoms with Gasteiger partial charge in [-0.25, -0.2) is 0 Å². The molecule has 0 N–H and O–H groups in total. The number of hydrogen-bond donors (Lipinski definition) is 0. The summed E-state index contributed by atoms with van der Waals surface area (Å²) in [5, 5.41) is 0. The Bertz CT molecular complexity index is 196. The van der Waals surface area contributed by atoms with Gasteiger partial charge in [-0.05, 0) is 44.1 Å². The van der Waals surface area contributed by atoms with Crippen LogP contribution in [0.15, 0.2) is 0 Å². The van der Waals surface area contributed by atoms with Crippen LogP contribution in [0.5, 0.6) is 0 Å². The Morgan fingerprint density at radius 3 is 2.93 bits per heavy atom. The van der Waals surface area contributed by atoms with E-state index in [0.717, 1.165) is 31.6 Å². The molecular weight excluding hydrogens is 206 g/mol. The van der Waals surface area contributed by atoms with Crippen molar-refractivity contribution in [3.05, 3.63) is 0 Å². The van der Waals surface area contributed by atoms with E-state index in [4.69, 9.17) is 0 Å². The van der Waals surface area contributed by atoms with E-state index < -0.39 is 0 Å². The quantitative estimate of drug-likeness (QED) is 0.676. The van der Waals surface area contributed by atoms with Crippen LogP contribution in [0.4, 0.5) is 0 Å². The van der Waals surface area contributed by atoms with Crippen LogP contribution < -0.4 is 0 Å². The monoisotopic (exact) mass is 229 g/mol. The van der Waals surface area contributed by atoms with Gasteiger partial charge < -0.3 is 4.90 Å². The second kappa shape index (κ2) is 7.15. The average molecular weight is 229 g/mol. The number of thioether (sulfide) groups is 1. The predicted molar refractivity (Wildman–Crippen MR) is 67.3 cm³/mol. The van der Waals surface area contributed by atoms with Crippen LogP contribution >= 0.6 is 11.8 Å². The highest BCUT2D eigenvalue weighted by Gasteiger charge is 2.24. The highest BCUT2D eigenvalue weighted by Crippen LogP contribution is 2.20. The lowest BCUT2D eigenvalue weighted by atomic mass is 9.99. The summed E-state index contributed by atoms with van der Waals surface area (Å²) in [6, 6.07) is 0.528. The SMILES string of the molecule is CCC1CCCCN1C(=O)CCCSC. The molecule has 0 aromatic rings. The molecule has 1 unspecified atom stereocenters. The molecular formula is C12H23NOS. The van der Waals surface area contributed by atoms with Crippen molar-refractivity contribution >= 4 is 17.7 Å². The topological polar surface area (TPSA) is 20.3 Å². The van der Waals surface area contributed by atoms with Gasteiger partial charge in [0.2, 0.25) is 5.91 Å². The lowest BCUT2D eigenvalue weighted by molar-refractivity contribution is -0.134. The summed E-state index contributed by atoms with van der Waals surface area (Å²) in [4.78, 5) is 14.1. The molecule has 0 bridgehead atoms. The summed E-state index contributed by atoms with van der Waals surface area (Å²) in [7, 11) is 0. The number of amides is 1. The van der Waals surface area contributed by atoms with Gasteiger partial charge in [0.05, 0.1) is 0 Å². The molecule has 0 aliphatic carbocycles. The summed E-state index contributed by atoms with van der Waals surface area (Å²) in [6.45, 7) is 3.19. The molecule has 1 atom stereocenters. The average Bonchev–Trinajstić information content (AvgIpc) is 2.29. The first kappa shape index (κ1) is 12.9. The first-order valence-corrected chi connectivity index (χ1v) is 7.47. The fourth-order valence-electron chi connectivity index (χ4n) is 2.26. The van der Waals surface area contributed by atoms with E-state index in [2.05, 4.69) is 18.1 Å². The Balaban J connectivity index is 2.34.